The van der Waals surface area contributed by atoms with Gasteiger partial charge in [-0.25, -0.2) is 0 Å². The minimum atomic E-state index is 0.846. The van der Waals surface area contributed by atoms with Gasteiger partial charge in [0, 0.05) is 39.0 Å². The quantitative estimate of drug-likeness (QED) is 0.783. The standard InChI is InChI=1S/C15H24N2O/c1-17(10-5-11-18-2)12-13-6-3-8-15-14(13)7-4-9-16-15/h3,6,8,16H,4-5,7,9-12H2,1-2H3. The van der Waals surface area contributed by atoms with Crippen LogP contribution in [-0.2, 0) is 17.7 Å². The van der Waals surface area contributed by atoms with Gasteiger partial charge in [-0.1, -0.05) is 12.1 Å². The molecular formula is C15H24N2O. The molecule has 1 aromatic carbocycles. The van der Waals surface area contributed by atoms with Crippen LogP contribution in [-0.4, -0.2) is 38.8 Å². The van der Waals surface area contributed by atoms with E-state index < -0.39 is 0 Å². The Labute approximate surface area is 110 Å². The molecule has 0 saturated carbocycles. The summed E-state index contributed by atoms with van der Waals surface area (Å²) in [5, 5.41) is 3.49. The van der Waals surface area contributed by atoms with Gasteiger partial charge < -0.3 is 15.0 Å². The molecule has 0 aliphatic carbocycles. The average Bonchev–Trinajstić information content (AvgIpc) is 2.39. The van der Waals surface area contributed by atoms with Crippen LogP contribution in [0.4, 0.5) is 5.69 Å². The molecule has 1 N–H and O–H groups in total. The molecule has 0 amide bonds. The van der Waals surface area contributed by atoms with Crippen LogP contribution in [0.2, 0.25) is 0 Å². The number of benzene rings is 1. The van der Waals surface area contributed by atoms with Gasteiger partial charge in [0.15, 0.2) is 0 Å². The third kappa shape index (κ3) is 3.47. The molecular weight excluding hydrogens is 224 g/mol. The van der Waals surface area contributed by atoms with Gasteiger partial charge in [0.2, 0.25) is 0 Å². The van der Waals surface area contributed by atoms with Crippen molar-refractivity contribution >= 4 is 5.69 Å². The highest BCUT2D eigenvalue weighted by Gasteiger charge is 2.13. The second kappa shape index (κ2) is 6.76. The number of nitrogens with zero attached hydrogens (tertiary/aromatic N) is 1. The summed E-state index contributed by atoms with van der Waals surface area (Å²) >= 11 is 0. The molecule has 0 fully saturated rings. The van der Waals surface area contributed by atoms with Crippen molar-refractivity contribution in [3.8, 4) is 0 Å². The molecule has 0 radical (unpaired) electrons. The van der Waals surface area contributed by atoms with Crippen molar-refractivity contribution in [3.05, 3.63) is 29.3 Å². The van der Waals surface area contributed by atoms with Gasteiger partial charge >= 0.3 is 0 Å². The van der Waals surface area contributed by atoms with Crippen molar-refractivity contribution in [1.29, 1.82) is 0 Å². The first-order chi connectivity index (χ1) is 8.81. The van der Waals surface area contributed by atoms with Crippen molar-refractivity contribution < 1.29 is 4.74 Å². The Morgan fingerprint density at radius 2 is 2.28 bits per heavy atom. The predicted molar refractivity (Wildman–Crippen MR) is 76.1 cm³/mol. The van der Waals surface area contributed by atoms with E-state index in [-0.39, 0.29) is 0 Å². The number of methoxy groups -OCH3 is 1. The molecule has 1 heterocycles. The lowest BCUT2D eigenvalue weighted by molar-refractivity contribution is 0.178. The average molecular weight is 248 g/mol. The topological polar surface area (TPSA) is 24.5 Å². The van der Waals surface area contributed by atoms with Gasteiger partial charge in [-0.05, 0) is 43.5 Å². The van der Waals surface area contributed by atoms with E-state index in [9.17, 15) is 0 Å². The summed E-state index contributed by atoms with van der Waals surface area (Å²) in [5.41, 5.74) is 4.32. The Kier molecular flexibility index (Phi) is 5.02. The van der Waals surface area contributed by atoms with E-state index in [0.717, 1.165) is 32.7 Å². The van der Waals surface area contributed by atoms with Gasteiger partial charge in [-0.2, -0.15) is 0 Å². The summed E-state index contributed by atoms with van der Waals surface area (Å²) in [4.78, 5) is 2.38. The lowest BCUT2D eigenvalue weighted by Gasteiger charge is -2.24. The van der Waals surface area contributed by atoms with Gasteiger partial charge in [0.1, 0.15) is 0 Å². The number of anilines is 1. The first-order valence-corrected chi connectivity index (χ1v) is 6.83. The van der Waals surface area contributed by atoms with E-state index in [0.29, 0.717) is 0 Å². The number of hydrogen-bond acceptors (Lipinski definition) is 3. The van der Waals surface area contributed by atoms with Crippen LogP contribution in [0.25, 0.3) is 0 Å². The highest BCUT2D eigenvalue weighted by Crippen LogP contribution is 2.25. The first kappa shape index (κ1) is 13.4. The molecule has 0 bridgehead atoms. The number of rotatable bonds is 6. The molecule has 0 spiro atoms. The first-order valence-electron chi connectivity index (χ1n) is 6.83. The Morgan fingerprint density at radius 3 is 3.11 bits per heavy atom. The Balaban J connectivity index is 1.96. The van der Waals surface area contributed by atoms with E-state index in [1.165, 1.54) is 29.7 Å². The summed E-state index contributed by atoms with van der Waals surface area (Å²) in [6.45, 7) is 4.08. The molecule has 100 valence electrons. The number of fused-ring (bicyclic) bond motifs is 1. The minimum absolute atomic E-state index is 0.846. The number of ether oxygens (including phenoxy) is 1. The minimum Gasteiger partial charge on any atom is -0.385 e. The van der Waals surface area contributed by atoms with Crippen LogP contribution in [0.5, 0.6) is 0 Å². The van der Waals surface area contributed by atoms with Gasteiger partial charge in [-0.15, -0.1) is 0 Å². The summed E-state index contributed by atoms with van der Waals surface area (Å²) < 4.78 is 5.10. The van der Waals surface area contributed by atoms with Crippen LogP contribution in [0.3, 0.4) is 0 Å². The predicted octanol–water partition coefficient (Wildman–Crippen LogP) is 2.51. The van der Waals surface area contributed by atoms with Gasteiger partial charge in [0.25, 0.3) is 0 Å². The van der Waals surface area contributed by atoms with E-state index in [4.69, 9.17) is 4.74 Å². The summed E-state index contributed by atoms with van der Waals surface area (Å²) in [6, 6.07) is 6.62. The van der Waals surface area contributed by atoms with Crippen LogP contribution < -0.4 is 5.32 Å². The van der Waals surface area contributed by atoms with E-state index >= 15 is 0 Å². The van der Waals surface area contributed by atoms with E-state index in [1.807, 2.05) is 0 Å². The monoisotopic (exact) mass is 248 g/mol. The van der Waals surface area contributed by atoms with Gasteiger partial charge in [0.05, 0.1) is 0 Å². The number of nitrogens with one attached hydrogen (secondary N) is 1. The summed E-state index contributed by atoms with van der Waals surface area (Å²) in [5.74, 6) is 0. The molecule has 2 rings (SSSR count). The van der Waals surface area contributed by atoms with Crippen molar-refractivity contribution in [3.63, 3.8) is 0 Å². The smallest absolute Gasteiger partial charge is 0.0474 e. The van der Waals surface area contributed by atoms with Crippen LogP contribution in [0.15, 0.2) is 18.2 Å². The third-order valence-electron chi connectivity index (χ3n) is 3.52. The second-order valence-electron chi connectivity index (χ2n) is 5.06. The fourth-order valence-corrected chi connectivity index (χ4v) is 2.58. The van der Waals surface area contributed by atoms with Crippen molar-refractivity contribution in [2.24, 2.45) is 0 Å². The Morgan fingerprint density at radius 1 is 1.39 bits per heavy atom. The van der Waals surface area contributed by atoms with Crippen molar-refractivity contribution in [2.75, 3.05) is 39.2 Å². The SMILES string of the molecule is COCCCN(C)Cc1cccc2c1CCCN2. The zero-order chi connectivity index (χ0) is 12.8. The Hall–Kier alpha value is -1.06. The molecule has 0 atom stereocenters. The van der Waals surface area contributed by atoms with Crippen LogP contribution >= 0.6 is 0 Å². The zero-order valence-electron chi connectivity index (χ0n) is 11.5. The molecule has 1 aliphatic heterocycles. The normalized spacial score (nSPS) is 14.4. The molecule has 18 heavy (non-hydrogen) atoms. The molecule has 1 aromatic rings. The maximum atomic E-state index is 5.10. The van der Waals surface area contributed by atoms with E-state index in [2.05, 4.69) is 35.5 Å². The highest BCUT2D eigenvalue weighted by atomic mass is 16.5. The molecule has 0 unspecified atom stereocenters. The lowest BCUT2D eigenvalue weighted by Crippen LogP contribution is -2.22. The highest BCUT2D eigenvalue weighted by molar-refractivity contribution is 5.56. The van der Waals surface area contributed by atoms with Crippen LogP contribution in [0, 0.1) is 0 Å². The fourth-order valence-electron chi connectivity index (χ4n) is 2.58. The van der Waals surface area contributed by atoms with E-state index in [1.54, 1.807) is 7.11 Å². The Bertz CT molecular complexity index is 379. The number of hydrogen-bond donors (Lipinski definition) is 1. The lowest BCUT2D eigenvalue weighted by atomic mass is 9.97. The van der Waals surface area contributed by atoms with Crippen molar-refractivity contribution in [2.45, 2.75) is 25.8 Å². The molecule has 3 nitrogen and oxygen atoms in total. The largest absolute Gasteiger partial charge is 0.385 e. The maximum absolute atomic E-state index is 5.10. The third-order valence-corrected chi connectivity index (χ3v) is 3.52. The zero-order valence-corrected chi connectivity index (χ0v) is 11.5. The maximum Gasteiger partial charge on any atom is 0.0474 e. The molecule has 0 aromatic heterocycles. The molecule has 3 heteroatoms. The second-order valence-corrected chi connectivity index (χ2v) is 5.06. The molecule has 0 saturated heterocycles. The summed E-state index contributed by atoms with van der Waals surface area (Å²) in [6.07, 6.45) is 3.56. The fraction of sp³-hybridized carbons (Fsp3) is 0.600. The van der Waals surface area contributed by atoms with Crippen molar-refractivity contribution in [1.82, 2.24) is 4.90 Å². The summed E-state index contributed by atoms with van der Waals surface area (Å²) in [7, 11) is 3.95. The van der Waals surface area contributed by atoms with Crippen LogP contribution in [0.1, 0.15) is 24.0 Å². The van der Waals surface area contributed by atoms with Gasteiger partial charge in [-0.3, -0.25) is 0 Å². The molecule has 1 aliphatic rings.